The smallest absolute Gasteiger partial charge is 0.355 e. The summed E-state index contributed by atoms with van der Waals surface area (Å²) in [4.78, 5) is 63.0. The van der Waals surface area contributed by atoms with Crippen molar-refractivity contribution in [2.45, 2.75) is 50.3 Å². The molecule has 4 aromatic rings. The van der Waals surface area contributed by atoms with E-state index < -0.39 is 53.2 Å². The van der Waals surface area contributed by atoms with Crippen molar-refractivity contribution in [1.82, 2.24) is 15.2 Å². The number of hydrogen-bond acceptors (Lipinski definition) is 12. The third-order valence-corrected chi connectivity index (χ3v) is 10.6. The molecule has 15 heteroatoms. The van der Waals surface area contributed by atoms with Crippen molar-refractivity contribution >= 4 is 57.7 Å². The normalized spacial score (nSPS) is 17.2. The maximum Gasteiger partial charge on any atom is 0.355 e. The summed E-state index contributed by atoms with van der Waals surface area (Å²) in [5, 5.41) is 11.4. The lowest BCUT2D eigenvalue weighted by Crippen LogP contribution is -2.71. The van der Waals surface area contributed by atoms with Crippen LogP contribution in [0.3, 0.4) is 0 Å². The Labute approximate surface area is 319 Å². The highest BCUT2D eigenvalue weighted by molar-refractivity contribution is 8.00. The summed E-state index contributed by atoms with van der Waals surface area (Å²) in [5.41, 5.74) is 1.10. The van der Waals surface area contributed by atoms with Gasteiger partial charge in [-0.15, -0.1) is 23.1 Å². The molecule has 280 valence electrons. The average molecular weight is 772 g/mol. The number of anilines is 1. The van der Waals surface area contributed by atoms with Crippen LogP contribution < -0.4 is 10.6 Å². The fourth-order valence-electron chi connectivity index (χ4n) is 6.18. The van der Waals surface area contributed by atoms with Crippen LogP contribution in [0.1, 0.15) is 50.1 Å². The molecule has 2 N–H and O–H groups in total. The van der Waals surface area contributed by atoms with E-state index in [2.05, 4.69) is 15.8 Å². The fourth-order valence-corrected chi connectivity index (χ4v) is 8.26. The number of oxime groups is 1. The number of alkyl halides is 1. The van der Waals surface area contributed by atoms with Crippen LogP contribution in [0.2, 0.25) is 0 Å². The Balaban J connectivity index is 1.28. The molecule has 1 fully saturated rings. The molecule has 0 radical (unpaired) electrons. The van der Waals surface area contributed by atoms with Crippen molar-refractivity contribution in [3.05, 3.63) is 130 Å². The van der Waals surface area contributed by atoms with Crippen molar-refractivity contribution in [3.8, 4) is 0 Å². The Kier molecular flexibility index (Phi) is 11.5. The summed E-state index contributed by atoms with van der Waals surface area (Å²) in [5.74, 6) is -2.51. The van der Waals surface area contributed by atoms with Gasteiger partial charge in [0.15, 0.2) is 10.8 Å². The number of aromatic nitrogens is 1. The second kappa shape index (κ2) is 16.2. The van der Waals surface area contributed by atoms with Gasteiger partial charge in [0.05, 0.1) is 0 Å². The molecule has 3 aromatic carbocycles. The number of carbonyl (C=O) groups excluding carboxylic acids is 4. The van der Waals surface area contributed by atoms with Gasteiger partial charge in [-0.05, 0) is 37.5 Å². The van der Waals surface area contributed by atoms with Gasteiger partial charge < -0.3 is 24.9 Å². The van der Waals surface area contributed by atoms with Gasteiger partial charge in [-0.1, -0.05) is 96.2 Å². The highest BCUT2D eigenvalue weighted by Gasteiger charge is 2.55. The number of nitrogens with zero attached hydrogens (tertiary/aromatic N) is 3. The van der Waals surface area contributed by atoms with Gasteiger partial charge in [0.25, 0.3) is 18.7 Å². The number of fused-ring (bicyclic) bond motifs is 1. The summed E-state index contributed by atoms with van der Waals surface area (Å²) in [6.07, 6.45) is 0. The predicted molar refractivity (Wildman–Crippen MR) is 203 cm³/mol. The molecule has 0 unspecified atom stereocenters. The largest absolute Gasteiger partial charge is 0.461 e. The molecule has 2 amide bonds. The van der Waals surface area contributed by atoms with Gasteiger partial charge in [-0.25, -0.2) is 14.2 Å². The van der Waals surface area contributed by atoms with Gasteiger partial charge in [-0.2, -0.15) is 0 Å². The Morgan fingerprint density at radius 1 is 0.944 bits per heavy atom. The molecule has 1 saturated heterocycles. The standard InChI is InChI=1S/C39H38FN5O7S2/c1-24(46)50-20-25-21-53-35-31(34(48)45(35)32(25)36(49)52-38(2,3)4)42-33(47)30(44-51-23-40)29-22-54-37(41-29)43-39(26-14-8-5-9-15-26,27-16-10-6-11-17-27)28-18-12-7-13-19-28/h5-19,22,31,35H,20-21,23H2,1-4H3,(H,41,43)(H,42,47)/b44-30-/t31-,35-/m1/s1. The van der Waals surface area contributed by atoms with Crippen molar-refractivity contribution in [3.63, 3.8) is 0 Å². The number of rotatable bonds is 13. The molecule has 54 heavy (non-hydrogen) atoms. The van der Waals surface area contributed by atoms with Crippen LogP contribution >= 0.6 is 23.1 Å². The maximum absolute atomic E-state index is 13.8. The molecule has 6 rings (SSSR count). The second-order valence-corrected chi connectivity index (χ2v) is 15.2. The van der Waals surface area contributed by atoms with E-state index in [1.54, 1.807) is 26.2 Å². The van der Waals surface area contributed by atoms with Gasteiger partial charge in [0, 0.05) is 23.6 Å². The number of ether oxygens (including phenoxy) is 2. The predicted octanol–water partition coefficient (Wildman–Crippen LogP) is 5.75. The Morgan fingerprint density at radius 2 is 1.52 bits per heavy atom. The number of amides is 2. The lowest BCUT2D eigenvalue weighted by molar-refractivity contribution is -0.159. The lowest BCUT2D eigenvalue weighted by atomic mass is 9.77. The van der Waals surface area contributed by atoms with Crippen LogP contribution in [-0.2, 0) is 39.0 Å². The molecule has 12 nitrogen and oxygen atoms in total. The number of benzene rings is 3. The molecular weight excluding hydrogens is 734 g/mol. The van der Waals surface area contributed by atoms with E-state index in [1.807, 2.05) is 91.0 Å². The molecule has 3 heterocycles. The zero-order valence-electron chi connectivity index (χ0n) is 29.9. The van der Waals surface area contributed by atoms with E-state index >= 15 is 0 Å². The minimum Gasteiger partial charge on any atom is -0.461 e. The van der Waals surface area contributed by atoms with Crippen molar-refractivity contribution in [2.75, 3.05) is 24.5 Å². The molecule has 0 aliphatic carbocycles. The summed E-state index contributed by atoms with van der Waals surface area (Å²) < 4.78 is 24.0. The van der Waals surface area contributed by atoms with Gasteiger partial charge >= 0.3 is 11.9 Å². The van der Waals surface area contributed by atoms with Gasteiger partial charge in [0.1, 0.15) is 40.6 Å². The maximum atomic E-state index is 13.8. The van der Waals surface area contributed by atoms with Crippen LogP contribution in [0.25, 0.3) is 0 Å². The molecule has 0 saturated carbocycles. The minimum atomic E-state index is -1.31. The number of carbonyl (C=O) groups is 4. The third-order valence-electron chi connectivity index (χ3n) is 8.46. The first kappa shape index (κ1) is 38.2. The molecule has 2 aliphatic rings. The summed E-state index contributed by atoms with van der Waals surface area (Å²) >= 11 is 2.48. The molecule has 0 bridgehead atoms. The third kappa shape index (κ3) is 8.01. The van der Waals surface area contributed by atoms with E-state index in [9.17, 15) is 23.6 Å². The number of hydrogen-bond donors (Lipinski definition) is 2. The van der Waals surface area contributed by atoms with E-state index in [-0.39, 0.29) is 29.5 Å². The monoisotopic (exact) mass is 771 g/mol. The lowest BCUT2D eigenvalue weighted by Gasteiger charge is -2.49. The van der Waals surface area contributed by atoms with E-state index in [0.717, 1.165) is 16.7 Å². The molecular formula is C39H38FN5O7S2. The highest BCUT2D eigenvalue weighted by atomic mass is 32.2. The van der Waals surface area contributed by atoms with Crippen molar-refractivity contribution in [2.24, 2.45) is 5.16 Å². The fraction of sp³-hybridized carbons (Fsp3) is 0.282. The van der Waals surface area contributed by atoms with Crippen LogP contribution in [-0.4, -0.2) is 75.6 Å². The summed E-state index contributed by atoms with van der Waals surface area (Å²) in [6.45, 7) is 4.80. The van der Waals surface area contributed by atoms with E-state index in [1.165, 1.54) is 34.9 Å². The van der Waals surface area contributed by atoms with Gasteiger partial charge in [0.2, 0.25) is 0 Å². The molecule has 1 aromatic heterocycles. The quantitative estimate of drug-likeness (QED) is 0.0566. The summed E-state index contributed by atoms with van der Waals surface area (Å²) in [6, 6.07) is 28.5. The highest BCUT2D eigenvalue weighted by Crippen LogP contribution is 2.42. The molecule has 0 spiro atoms. The topological polar surface area (TPSA) is 149 Å². The van der Waals surface area contributed by atoms with E-state index in [4.69, 9.17) is 19.3 Å². The van der Waals surface area contributed by atoms with E-state index in [0.29, 0.717) is 10.7 Å². The number of thioether (sulfide) groups is 1. The zero-order valence-corrected chi connectivity index (χ0v) is 31.5. The van der Waals surface area contributed by atoms with Crippen molar-refractivity contribution < 1.29 is 37.9 Å². The van der Waals surface area contributed by atoms with Crippen LogP contribution in [0.15, 0.2) is 113 Å². The van der Waals surface area contributed by atoms with Crippen LogP contribution in [0.5, 0.6) is 0 Å². The zero-order chi connectivity index (χ0) is 38.5. The number of esters is 2. The number of thiazole rings is 1. The first-order valence-electron chi connectivity index (χ1n) is 16.9. The Hall–Kier alpha value is -5.54. The average Bonchev–Trinajstić information content (AvgIpc) is 3.63. The summed E-state index contributed by atoms with van der Waals surface area (Å²) in [7, 11) is 0. The van der Waals surface area contributed by atoms with Crippen molar-refractivity contribution in [1.29, 1.82) is 0 Å². The first-order chi connectivity index (χ1) is 25.9. The SMILES string of the molecule is CC(=O)OCC1=C(C(=O)OC(C)(C)C)N2C(=O)[C@@H](NC(=O)/C(=N\OCF)c3csc(NC(c4ccccc4)(c4ccccc4)c4ccccc4)n3)[C@H]2SC1. The molecule has 2 aliphatic heterocycles. The van der Waals surface area contributed by atoms with Crippen LogP contribution in [0.4, 0.5) is 9.52 Å². The Bertz CT molecular complexity index is 1970. The minimum absolute atomic E-state index is 0.0333. The number of nitrogens with one attached hydrogen (secondary N) is 2. The number of β-lactam (4-membered cyclic amide) rings is 1. The van der Waals surface area contributed by atoms with Crippen LogP contribution in [0, 0.1) is 0 Å². The van der Waals surface area contributed by atoms with Gasteiger partial charge in [-0.3, -0.25) is 19.3 Å². The second-order valence-electron chi connectivity index (χ2n) is 13.3. The number of halogens is 1. The first-order valence-corrected chi connectivity index (χ1v) is 18.9. The Morgan fingerprint density at radius 3 is 2.04 bits per heavy atom. The molecule has 2 atom stereocenters.